The third kappa shape index (κ3) is 9.69. The van der Waals surface area contributed by atoms with Crippen LogP contribution < -0.4 is 14.4 Å². The number of thiophene rings is 1. The maximum atomic E-state index is 13.6. The van der Waals surface area contributed by atoms with Gasteiger partial charge in [0.1, 0.15) is 18.1 Å². The fraction of sp³-hybridized carbons (Fsp3) is 0.515. The lowest BCUT2D eigenvalue weighted by Gasteiger charge is -2.31. The molecule has 0 unspecified atom stereocenters. The van der Waals surface area contributed by atoms with Gasteiger partial charge in [-0.15, -0.1) is 16.4 Å². The van der Waals surface area contributed by atoms with Crippen LogP contribution in [0.2, 0.25) is 0 Å². The summed E-state index contributed by atoms with van der Waals surface area (Å²) in [5.41, 5.74) is -0.965. The van der Waals surface area contributed by atoms with E-state index in [-0.39, 0.29) is 28.0 Å². The van der Waals surface area contributed by atoms with E-state index in [2.05, 4.69) is 45.5 Å². The van der Waals surface area contributed by atoms with Crippen LogP contribution in [-0.2, 0) is 16.4 Å². The molecule has 0 fully saturated rings. The topological polar surface area (TPSA) is 135 Å². The van der Waals surface area contributed by atoms with Crippen molar-refractivity contribution in [3.8, 4) is 23.0 Å². The van der Waals surface area contributed by atoms with E-state index in [9.17, 15) is 21.6 Å². The highest BCUT2D eigenvalue weighted by Gasteiger charge is 2.48. The maximum absolute atomic E-state index is 13.6. The van der Waals surface area contributed by atoms with E-state index < -0.39 is 28.2 Å². The van der Waals surface area contributed by atoms with E-state index in [1.807, 2.05) is 17.5 Å². The summed E-state index contributed by atoms with van der Waals surface area (Å²) in [6.07, 6.45) is 3.04. The number of pyridine rings is 1. The molecule has 0 radical (unpaired) electrons. The molecule has 1 aliphatic rings. The highest BCUT2D eigenvalue weighted by Crippen LogP contribution is 2.38. The number of anilines is 2. The number of nitrogens with one attached hydrogen (secondary N) is 1. The minimum absolute atomic E-state index is 0.0117. The molecule has 2 N–H and O–H groups in total. The van der Waals surface area contributed by atoms with E-state index >= 15 is 0 Å². The van der Waals surface area contributed by atoms with E-state index in [0.29, 0.717) is 18.1 Å². The van der Waals surface area contributed by atoms with Gasteiger partial charge in [0.05, 0.1) is 11.6 Å². The van der Waals surface area contributed by atoms with Gasteiger partial charge in [0.15, 0.2) is 16.7 Å². The summed E-state index contributed by atoms with van der Waals surface area (Å²) in [6.45, 7) is 9.39. The van der Waals surface area contributed by atoms with Gasteiger partial charge in [-0.2, -0.15) is 21.6 Å². The van der Waals surface area contributed by atoms with Crippen molar-refractivity contribution in [1.82, 2.24) is 24.7 Å². The Morgan fingerprint density at radius 3 is 2.45 bits per heavy atom. The van der Waals surface area contributed by atoms with Crippen molar-refractivity contribution in [3.05, 3.63) is 53.0 Å². The van der Waals surface area contributed by atoms with Gasteiger partial charge in [0, 0.05) is 42.9 Å². The first-order valence-electron chi connectivity index (χ1n) is 15.9. The first-order valence-corrected chi connectivity index (χ1v) is 18.3. The van der Waals surface area contributed by atoms with E-state index in [1.54, 1.807) is 17.4 Å². The number of aliphatic hydroxyl groups excluding tert-OH is 1. The van der Waals surface area contributed by atoms with Gasteiger partial charge in [0.2, 0.25) is 5.88 Å². The van der Waals surface area contributed by atoms with Crippen LogP contribution in [0, 0.1) is 10.8 Å². The summed E-state index contributed by atoms with van der Waals surface area (Å²) in [5, 5.41) is 13.1. The Hall–Kier alpha value is -3.76. The Morgan fingerprint density at radius 2 is 1.73 bits per heavy atom. The first kappa shape index (κ1) is 38.0. The Labute approximate surface area is 289 Å². The quantitative estimate of drug-likeness (QED) is 0.221. The molecule has 16 heteroatoms. The summed E-state index contributed by atoms with van der Waals surface area (Å²) in [6, 6.07) is 8.32. The molecule has 4 aromatic heterocycles. The van der Waals surface area contributed by atoms with Crippen LogP contribution in [0.25, 0.3) is 17.1 Å². The molecule has 1 aliphatic heterocycles. The Balaban J connectivity index is 0.00000265. The third-order valence-corrected chi connectivity index (χ3v) is 9.91. The summed E-state index contributed by atoms with van der Waals surface area (Å²) >= 11 is 1.58. The number of aryl methyl sites for hydroxylation is 1. The van der Waals surface area contributed by atoms with Crippen molar-refractivity contribution < 1.29 is 31.4 Å². The lowest BCUT2D eigenvalue weighted by atomic mass is 9.94. The van der Waals surface area contributed by atoms with Gasteiger partial charge in [-0.3, -0.25) is 4.72 Å². The van der Waals surface area contributed by atoms with Crippen LogP contribution in [0.4, 0.5) is 24.8 Å². The number of alkyl halides is 3. The Bertz CT molecular complexity index is 1800. The molecule has 0 spiro atoms. The van der Waals surface area contributed by atoms with Crippen molar-refractivity contribution in [2.24, 2.45) is 10.8 Å². The van der Waals surface area contributed by atoms with Crippen LogP contribution in [0.3, 0.4) is 0 Å². The second kappa shape index (κ2) is 15.4. The number of aromatic nitrogens is 5. The molecule has 4 bridgehead atoms. The number of hydrogen-bond donors (Lipinski definition) is 2. The summed E-state index contributed by atoms with van der Waals surface area (Å²) in [5.74, 6) is 0.835. The monoisotopic (exact) mass is 723 g/mol. The highest BCUT2D eigenvalue weighted by atomic mass is 32.2. The summed E-state index contributed by atoms with van der Waals surface area (Å²) in [4.78, 5) is 17.0. The average molecular weight is 724 g/mol. The number of nitrogens with zero attached hydrogens (tertiary/aromatic N) is 6. The van der Waals surface area contributed by atoms with Crippen LogP contribution in [0.5, 0.6) is 5.88 Å². The standard InChI is InChI=1S/C32H40F3N7O3S2.CH4O/c1-30(2,3)20-41-16-9-7-6-8-11-23-22(15-18-46-23)28-29(42-17-14-26(39-42)45-21-31(4,5)32(33,34)35)36-19-24(37-28)40-47(43,44)27-13-10-12-25(41)38-27;1-2/h10,12-15,17-19H,6-9,11,16,20-21H2,1-5H3,(H,37,40);2H,1H3. The molecule has 0 aliphatic carbocycles. The summed E-state index contributed by atoms with van der Waals surface area (Å²) in [7, 11) is -3.15. The molecule has 11 nitrogen and oxygen atoms in total. The molecule has 0 aromatic carbocycles. The normalized spacial score (nSPS) is 15.7. The van der Waals surface area contributed by atoms with Gasteiger partial charge in [0.25, 0.3) is 10.0 Å². The fourth-order valence-electron chi connectivity index (χ4n) is 5.07. The number of aliphatic hydroxyl groups is 1. The number of halogens is 3. The molecular formula is C33H44F3N7O4S2. The molecular weight excluding hydrogens is 680 g/mol. The second-order valence-corrected chi connectivity index (χ2v) is 16.2. The number of sulfonamides is 1. The van der Waals surface area contributed by atoms with E-state index in [0.717, 1.165) is 70.0 Å². The average Bonchev–Trinajstić information content (AvgIpc) is 3.70. The predicted molar refractivity (Wildman–Crippen MR) is 185 cm³/mol. The molecule has 49 heavy (non-hydrogen) atoms. The molecule has 4 aromatic rings. The lowest BCUT2D eigenvalue weighted by Crippen LogP contribution is -2.37. The Morgan fingerprint density at radius 1 is 1.00 bits per heavy atom. The van der Waals surface area contributed by atoms with Gasteiger partial charge in [-0.05, 0) is 62.1 Å². The minimum Gasteiger partial charge on any atom is -0.476 e. The molecule has 0 amide bonds. The second-order valence-electron chi connectivity index (χ2n) is 13.5. The first-order chi connectivity index (χ1) is 23.0. The van der Waals surface area contributed by atoms with Crippen LogP contribution in [0.15, 0.2) is 53.1 Å². The van der Waals surface area contributed by atoms with Gasteiger partial charge >= 0.3 is 6.18 Å². The molecule has 0 saturated carbocycles. The van der Waals surface area contributed by atoms with Crippen LogP contribution in [0.1, 0.15) is 65.2 Å². The van der Waals surface area contributed by atoms with E-state index in [1.165, 1.54) is 29.2 Å². The SMILES string of the molecule is CC(C)(C)CN1CCCCCCc2sccc2-c2nc(cnc2-n2ccc(OCC(C)(C)C(F)(F)F)n2)NS(=O)(=O)c2cccc1n2.CO. The lowest BCUT2D eigenvalue weighted by molar-refractivity contribution is -0.219. The number of ether oxygens (including phenoxy) is 1. The maximum Gasteiger partial charge on any atom is 0.397 e. The molecule has 5 heterocycles. The van der Waals surface area contributed by atoms with Crippen molar-refractivity contribution in [2.45, 2.75) is 77.9 Å². The third-order valence-electron chi connectivity index (χ3n) is 7.68. The van der Waals surface area contributed by atoms with E-state index in [4.69, 9.17) is 14.8 Å². The van der Waals surface area contributed by atoms with Crippen LogP contribution in [-0.4, -0.2) is 71.2 Å². The predicted octanol–water partition coefficient (Wildman–Crippen LogP) is 7.13. The van der Waals surface area contributed by atoms with Gasteiger partial charge in [-0.1, -0.05) is 39.7 Å². The van der Waals surface area contributed by atoms with Crippen LogP contribution >= 0.6 is 11.3 Å². The smallest absolute Gasteiger partial charge is 0.397 e. The fourth-order valence-corrected chi connectivity index (χ4v) is 6.94. The van der Waals surface area contributed by atoms with Crippen molar-refractivity contribution in [1.29, 1.82) is 0 Å². The zero-order valence-electron chi connectivity index (χ0n) is 28.6. The number of rotatable bonds is 5. The summed E-state index contributed by atoms with van der Waals surface area (Å²) < 4.78 is 76.7. The minimum atomic E-state index is -4.45. The van der Waals surface area contributed by atoms with Gasteiger partial charge in [-0.25, -0.2) is 19.6 Å². The molecule has 5 rings (SSSR count). The molecule has 0 saturated heterocycles. The highest BCUT2D eigenvalue weighted by molar-refractivity contribution is 7.92. The zero-order chi connectivity index (χ0) is 36.0. The van der Waals surface area contributed by atoms with Crippen molar-refractivity contribution >= 4 is 33.0 Å². The number of fused-ring (bicyclic) bond motifs is 6. The largest absolute Gasteiger partial charge is 0.476 e. The van der Waals surface area contributed by atoms with Crippen molar-refractivity contribution in [3.63, 3.8) is 0 Å². The molecule has 268 valence electrons. The zero-order valence-corrected chi connectivity index (χ0v) is 30.2. The Kier molecular flexibility index (Phi) is 12.0. The van der Waals surface area contributed by atoms with Crippen molar-refractivity contribution in [2.75, 3.05) is 36.4 Å². The number of hydrogen-bond acceptors (Lipinski definition) is 10. The molecule has 0 atom stereocenters. The van der Waals surface area contributed by atoms with Gasteiger partial charge < -0.3 is 14.7 Å².